The Morgan fingerprint density at radius 3 is 2.55 bits per heavy atom. The van der Waals surface area contributed by atoms with E-state index >= 15 is 0 Å². The van der Waals surface area contributed by atoms with Gasteiger partial charge in [0.1, 0.15) is 5.82 Å². The lowest BCUT2D eigenvalue weighted by molar-refractivity contribution is -0.146. The zero-order valence-electron chi connectivity index (χ0n) is 11.3. The molecule has 0 saturated carbocycles. The number of carbonyl (C=O) groups excluding carboxylic acids is 2. The van der Waals surface area contributed by atoms with E-state index in [0.29, 0.717) is 25.9 Å². The Morgan fingerprint density at radius 1 is 1.35 bits per heavy atom. The van der Waals surface area contributed by atoms with Crippen LogP contribution in [-0.4, -0.2) is 37.0 Å². The maximum atomic E-state index is 13.4. The number of likely N-dealkylation sites (tertiary alicyclic amines) is 1. The number of nitrogens with two attached hydrogens (primary N) is 1. The number of halogens is 1. The van der Waals surface area contributed by atoms with Gasteiger partial charge < -0.3 is 15.4 Å². The maximum absolute atomic E-state index is 13.4. The van der Waals surface area contributed by atoms with E-state index in [1.54, 1.807) is 4.90 Å². The van der Waals surface area contributed by atoms with Gasteiger partial charge in [-0.05, 0) is 31.0 Å². The van der Waals surface area contributed by atoms with E-state index in [0.717, 1.165) is 6.07 Å². The van der Waals surface area contributed by atoms with Gasteiger partial charge in [0.15, 0.2) is 0 Å². The number of carbonyl (C=O) groups is 2. The number of rotatable bonds is 2. The smallest absolute Gasteiger partial charge is 0.308 e. The molecule has 1 heterocycles. The van der Waals surface area contributed by atoms with Gasteiger partial charge in [-0.3, -0.25) is 9.59 Å². The zero-order chi connectivity index (χ0) is 14.7. The van der Waals surface area contributed by atoms with Gasteiger partial charge in [0.05, 0.1) is 18.7 Å². The molecule has 0 aliphatic carbocycles. The molecule has 2 N–H and O–H groups in total. The van der Waals surface area contributed by atoms with Gasteiger partial charge in [-0.1, -0.05) is 0 Å². The summed E-state index contributed by atoms with van der Waals surface area (Å²) in [5.41, 5.74) is 5.67. The predicted molar refractivity (Wildman–Crippen MR) is 71.5 cm³/mol. The second-order valence-corrected chi connectivity index (χ2v) is 4.83. The maximum Gasteiger partial charge on any atom is 0.308 e. The Bertz CT molecular complexity index is 525. The molecule has 1 amide bonds. The molecular weight excluding hydrogens is 263 g/mol. The van der Waals surface area contributed by atoms with Gasteiger partial charge in [0.25, 0.3) is 5.91 Å². The van der Waals surface area contributed by atoms with Gasteiger partial charge in [-0.15, -0.1) is 0 Å². The van der Waals surface area contributed by atoms with Crippen molar-refractivity contribution in [1.29, 1.82) is 0 Å². The predicted octanol–water partition coefficient (Wildman–Crippen LogP) is 1.43. The number of benzene rings is 1. The monoisotopic (exact) mass is 280 g/mol. The largest absolute Gasteiger partial charge is 0.469 e. The lowest BCUT2D eigenvalue weighted by Crippen LogP contribution is -2.40. The SMILES string of the molecule is COC(=O)C1CCN(C(=O)c2ccc(N)c(F)c2)CC1. The third-order valence-corrected chi connectivity index (χ3v) is 3.56. The van der Waals surface area contributed by atoms with E-state index in [1.807, 2.05) is 0 Å². The Hall–Kier alpha value is -2.11. The fourth-order valence-corrected chi connectivity index (χ4v) is 2.33. The summed E-state index contributed by atoms with van der Waals surface area (Å²) < 4.78 is 18.1. The molecule has 1 aliphatic heterocycles. The van der Waals surface area contributed by atoms with Crippen LogP contribution < -0.4 is 5.73 Å². The highest BCUT2D eigenvalue weighted by molar-refractivity contribution is 5.94. The second-order valence-electron chi connectivity index (χ2n) is 4.83. The fourth-order valence-electron chi connectivity index (χ4n) is 2.33. The van der Waals surface area contributed by atoms with Crippen LogP contribution in [0.15, 0.2) is 18.2 Å². The first-order valence-electron chi connectivity index (χ1n) is 6.45. The lowest BCUT2D eigenvalue weighted by Gasteiger charge is -2.30. The number of anilines is 1. The molecule has 5 nitrogen and oxygen atoms in total. The molecule has 1 aromatic rings. The Morgan fingerprint density at radius 2 is 2.00 bits per heavy atom. The number of hydrogen-bond donors (Lipinski definition) is 1. The van der Waals surface area contributed by atoms with Crippen molar-refractivity contribution in [3.63, 3.8) is 0 Å². The van der Waals surface area contributed by atoms with Crippen molar-refractivity contribution >= 4 is 17.6 Å². The fraction of sp³-hybridized carbons (Fsp3) is 0.429. The van der Waals surface area contributed by atoms with Crippen LogP contribution >= 0.6 is 0 Å². The van der Waals surface area contributed by atoms with Gasteiger partial charge >= 0.3 is 5.97 Å². The number of nitrogens with zero attached hydrogens (tertiary/aromatic N) is 1. The zero-order valence-corrected chi connectivity index (χ0v) is 11.3. The van der Waals surface area contributed by atoms with Crippen molar-refractivity contribution in [2.45, 2.75) is 12.8 Å². The number of amides is 1. The molecule has 20 heavy (non-hydrogen) atoms. The highest BCUT2D eigenvalue weighted by Crippen LogP contribution is 2.21. The topological polar surface area (TPSA) is 72.6 Å². The van der Waals surface area contributed by atoms with Crippen LogP contribution in [0.4, 0.5) is 10.1 Å². The highest BCUT2D eigenvalue weighted by atomic mass is 19.1. The first kappa shape index (κ1) is 14.3. The van der Waals surface area contributed by atoms with Crippen LogP contribution in [0.25, 0.3) is 0 Å². The van der Waals surface area contributed by atoms with Crippen LogP contribution in [0.1, 0.15) is 23.2 Å². The number of esters is 1. The summed E-state index contributed by atoms with van der Waals surface area (Å²) in [5, 5.41) is 0. The van der Waals surface area contributed by atoms with Crippen LogP contribution in [-0.2, 0) is 9.53 Å². The van der Waals surface area contributed by atoms with E-state index < -0.39 is 5.82 Å². The van der Waals surface area contributed by atoms with Crippen molar-refractivity contribution in [2.24, 2.45) is 5.92 Å². The quantitative estimate of drug-likeness (QED) is 0.657. The van der Waals surface area contributed by atoms with Gasteiger partial charge in [0.2, 0.25) is 0 Å². The van der Waals surface area contributed by atoms with Crippen molar-refractivity contribution in [3.8, 4) is 0 Å². The minimum absolute atomic E-state index is 0.0194. The van der Waals surface area contributed by atoms with E-state index in [9.17, 15) is 14.0 Å². The van der Waals surface area contributed by atoms with Crippen molar-refractivity contribution in [1.82, 2.24) is 4.90 Å². The highest BCUT2D eigenvalue weighted by Gasteiger charge is 2.28. The Labute approximate surface area is 116 Å². The molecule has 1 saturated heterocycles. The number of ether oxygens (including phenoxy) is 1. The van der Waals surface area contributed by atoms with Crippen LogP contribution in [0.5, 0.6) is 0 Å². The molecule has 0 radical (unpaired) electrons. The second kappa shape index (κ2) is 5.90. The number of piperidine rings is 1. The average molecular weight is 280 g/mol. The Balaban J connectivity index is 2.01. The summed E-state index contributed by atoms with van der Waals surface area (Å²) in [4.78, 5) is 25.2. The van der Waals surface area contributed by atoms with Gasteiger partial charge in [0, 0.05) is 18.7 Å². The van der Waals surface area contributed by atoms with Gasteiger partial charge in [-0.2, -0.15) is 0 Å². The molecule has 0 aromatic heterocycles. The van der Waals surface area contributed by atoms with E-state index in [-0.39, 0.29) is 29.0 Å². The summed E-state index contributed by atoms with van der Waals surface area (Å²) >= 11 is 0. The normalized spacial score (nSPS) is 16.0. The number of hydrogen-bond acceptors (Lipinski definition) is 4. The standard InChI is InChI=1S/C14H17FN2O3/c1-20-14(19)9-4-6-17(7-5-9)13(18)10-2-3-12(16)11(15)8-10/h2-3,8-9H,4-7,16H2,1H3. The van der Waals surface area contributed by atoms with Crippen molar-refractivity contribution in [2.75, 3.05) is 25.9 Å². The third-order valence-electron chi connectivity index (χ3n) is 3.56. The third kappa shape index (κ3) is 2.89. The van der Waals surface area contributed by atoms with Crippen LogP contribution in [0.2, 0.25) is 0 Å². The summed E-state index contributed by atoms with van der Waals surface area (Å²) in [7, 11) is 1.36. The molecular formula is C14H17FN2O3. The molecule has 108 valence electrons. The summed E-state index contributed by atoms with van der Waals surface area (Å²) in [6, 6.07) is 4.03. The lowest BCUT2D eigenvalue weighted by atomic mass is 9.96. The average Bonchev–Trinajstić information content (AvgIpc) is 2.48. The first-order valence-corrected chi connectivity index (χ1v) is 6.45. The molecule has 1 fully saturated rings. The number of methoxy groups -OCH3 is 1. The first-order chi connectivity index (χ1) is 9.52. The Kier molecular flexibility index (Phi) is 4.22. The van der Waals surface area contributed by atoms with E-state index in [2.05, 4.69) is 0 Å². The van der Waals surface area contributed by atoms with Crippen LogP contribution in [0, 0.1) is 11.7 Å². The molecule has 0 spiro atoms. The molecule has 0 atom stereocenters. The minimum atomic E-state index is -0.597. The molecule has 1 aromatic carbocycles. The molecule has 1 aliphatic rings. The van der Waals surface area contributed by atoms with Gasteiger partial charge in [-0.25, -0.2) is 4.39 Å². The minimum Gasteiger partial charge on any atom is -0.469 e. The summed E-state index contributed by atoms with van der Waals surface area (Å²) in [5.74, 6) is -1.24. The summed E-state index contributed by atoms with van der Waals surface area (Å²) in [6.45, 7) is 0.926. The summed E-state index contributed by atoms with van der Waals surface area (Å²) in [6.07, 6.45) is 1.13. The van der Waals surface area contributed by atoms with Crippen LogP contribution in [0.3, 0.4) is 0 Å². The molecule has 6 heteroatoms. The van der Waals surface area contributed by atoms with E-state index in [1.165, 1.54) is 19.2 Å². The van der Waals surface area contributed by atoms with Crippen molar-refractivity contribution < 1.29 is 18.7 Å². The van der Waals surface area contributed by atoms with E-state index in [4.69, 9.17) is 10.5 Å². The number of nitrogen functional groups attached to an aromatic ring is 1. The van der Waals surface area contributed by atoms with Crippen molar-refractivity contribution in [3.05, 3.63) is 29.6 Å². The molecule has 2 rings (SSSR count). The molecule has 0 bridgehead atoms. The molecule has 0 unspecified atom stereocenters.